The van der Waals surface area contributed by atoms with Gasteiger partial charge in [0.2, 0.25) is 0 Å². The molecule has 3 rings (SSSR count). The molecular weight excluding hydrogens is 282 g/mol. The van der Waals surface area contributed by atoms with Crippen molar-refractivity contribution in [1.29, 1.82) is 5.26 Å². The van der Waals surface area contributed by atoms with Gasteiger partial charge >= 0.3 is 0 Å². The molecule has 108 valence electrons. The molecule has 0 spiro atoms. The fourth-order valence-electron chi connectivity index (χ4n) is 2.42. The molecule has 1 unspecified atom stereocenters. The molecule has 0 saturated carbocycles. The standard InChI is InChI=1S/C16H17N3OS/c1-2-19-7-8-20-15(10-19)16-18-14(11-21-16)13-5-3-12(9-17)4-6-13/h3-6,11,15H,2,7-8,10H2,1H3. The molecule has 1 saturated heterocycles. The number of likely N-dealkylation sites (N-methyl/N-ethyl adjacent to an activating group) is 1. The number of rotatable bonds is 3. The third kappa shape index (κ3) is 3.13. The van der Waals surface area contributed by atoms with Gasteiger partial charge in [0.15, 0.2) is 0 Å². The number of hydrogen-bond donors (Lipinski definition) is 0. The molecule has 2 heterocycles. The van der Waals surface area contributed by atoms with Crippen LogP contribution in [0.2, 0.25) is 0 Å². The lowest BCUT2D eigenvalue weighted by atomic mass is 10.1. The zero-order valence-corrected chi connectivity index (χ0v) is 12.8. The van der Waals surface area contributed by atoms with Gasteiger partial charge in [-0.15, -0.1) is 11.3 Å². The van der Waals surface area contributed by atoms with Crippen molar-refractivity contribution in [2.45, 2.75) is 13.0 Å². The molecule has 0 amide bonds. The van der Waals surface area contributed by atoms with E-state index < -0.39 is 0 Å². The normalized spacial score (nSPS) is 19.3. The Hall–Kier alpha value is -1.74. The number of thiazole rings is 1. The number of hydrogen-bond acceptors (Lipinski definition) is 5. The summed E-state index contributed by atoms with van der Waals surface area (Å²) in [5.74, 6) is 0. The van der Waals surface area contributed by atoms with E-state index in [0.717, 1.165) is 42.5 Å². The van der Waals surface area contributed by atoms with Gasteiger partial charge in [-0.25, -0.2) is 4.98 Å². The Morgan fingerprint density at radius 1 is 1.43 bits per heavy atom. The molecule has 1 aromatic heterocycles. The van der Waals surface area contributed by atoms with Crippen LogP contribution in [0.25, 0.3) is 11.3 Å². The van der Waals surface area contributed by atoms with Gasteiger partial charge in [0.25, 0.3) is 0 Å². The summed E-state index contributed by atoms with van der Waals surface area (Å²) in [5, 5.41) is 11.9. The van der Waals surface area contributed by atoms with Crippen LogP contribution >= 0.6 is 11.3 Å². The Labute approximate surface area is 128 Å². The van der Waals surface area contributed by atoms with Crippen LogP contribution in [-0.4, -0.2) is 36.1 Å². The maximum atomic E-state index is 8.84. The van der Waals surface area contributed by atoms with Crippen molar-refractivity contribution in [1.82, 2.24) is 9.88 Å². The van der Waals surface area contributed by atoms with Gasteiger partial charge in [0, 0.05) is 24.0 Å². The molecule has 1 aromatic carbocycles. The van der Waals surface area contributed by atoms with Crippen LogP contribution in [0.1, 0.15) is 23.6 Å². The van der Waals surface area contributed by atoms with E-state index >= 15 is 0 Å². The van der Waals surface area contributed by atoms with E-state index in [-0.39, 0.29) is 6.10 Å². The van der Waals surface area contributed by atoms with Crippen molar-refractivity contribution < 1.29 is 4.74 Å². The Balaban J connectivity index is 1.77. The monoisotopic (exact) mass is 299 g/mol. The Kier molecular flexibility index (Phi) is 4.30. The molecule has 21 heavy (non-hydrogen) atoms. The van der Waals surface area contributed by atoms with Gasteiger partial charge in [-0.1, -0.05) is 19.1 Å². The highest BCUT2D eigenvalue weighted by Gasteiger charge is 2.23. The maximum absolute atomic E-state index is 8.84. The first-order valence-electron chi connectivity index (χ1n) is 7.10. The first kappa shape index (κ1) is 14.2. The summed E-state index contributed by atoms with van der Waals surface area (Å²) in [6.07, 6.45) is 0.0795. The molecule has 0 N–H and O–H groups in total. The van der Waals surface area contributed by atoms with Gasteiger partial charge in [0.1, 0.15) is 11.1 Å². The van der Waals surface area contributed by atoms with Crippen LogP contribution in [-0.2, 0) is 4.74 Å². The van der Waals surface area contributed by atoms with Gasteiger partial charge in [-0.2, -0.15) is 5.26 Å². The minimum Gasteiger partial charge on any atom is -0.368 e. The van der Waals surface area contributed by atoms with E-state index in [1.54, 1.807) is 11.3 Å². The SMILES string of the molecule is CCN1CCOC(c2nc(-c3ccc(C#N)cc3)cs2)C1. The molecule has 1 aliphatic heterocycles. The van der Waals surface area contributed by atoms with E-state index in [4.69, 9.17) is 15.0 Å². The van der Waals surface area contributed by atoms with Crippen LogP contribution in [0.4, 0.5) is 0 Å². The molecule has 0 radical (unpaired) electrons. The molecule has 0 aliphatic carbocycles. The number of aromatic nitrogens is 1. The molecule has 0 bridgehead atoms. The lowest BCUT2D eigenvalue weighted by molar-refractivity contribution is -0.0282. The van der Waals surface area contributed by atoms with Crippen LogP contribution in [0, 0.1) is 11.3 Å². The lowest BCUT2D eigenvalue weighted by Crippen LogP contribution is -2.37. The molecule has 1 atom stereocenters. The second-order valence-electron chi connectivity index (χ2n) is 5.01. The summed E-state index contributed by atoms with van der Waals surface area (Å²) in [6, 6.07) is 9.66. The van der Waals surface area contributed by atoms with Crippen molar-refractivity contribution in [3.05, 3.63) is 40.2 Å². The predicted octanol–water partition coefficient (Wildman–Crippen LogP) is 3.07. The lowest BCUT2D eigenvalue weighted by Gasteiger charge is -2.30. The summed E-state index contributed by atoms with van der Waals surface area (Å²) in [6.45, 7) is 5.90. The molecular formula is C16H17N3OS. The van der Waals surface area contributed by atoms with E-state index in [2.05, 4.69) is 23.3 Å². The molecule has 1 fully saturated rings. The molecule has 2 aromatic rings. The van der Waals surface area contributed by atoms with Crippen LogP contribution in [0.5, 0.6) is 0 Å². The average Bonchev–Trinajstić information content (AvgIpc) is 3.05. The van der Waals surface area contributed by atoms with E-state index in [1.165, 1.54) is 0 Å². The van der Waals surface area contributed by atoms with Crippen molar-refractivity contribution in [2.24, 2.45) is 0 Å². The van der Waals surface area contributed by atoms with Gasteiger partial charge in [0.05, 0.1) is 23.9 Å². The zero-order valence-electron chi connectivity index (χ0n) is 12.0. The van der Waals surface area contributed by atoms with Crippen LogP contribution in [0.3, 0.4) is 0 Å². The molecule has 1 aliphatic rings. The Morgan fingerprint density at radius 3 is 2.95 bits per heavy atom. The topological polar surface area (TPSA) is 49.1 Å². The smallest absolute Gasteiger partial charge is 0.124 e. The number of benzene rings is 1. The van der Waals surface area contributed by atoms with Crippen LogP contribution in [0.15, 0.2) is 29.6 Å². The van der Waals surface area contributed by atoms with Gasteiger partial charge in [-0.05, 0) is 18.7 Å². The predicted molar refractivity (Wildman–Crippen MR) is 83.1 cm³/mol. The largest absolute Gasteiger partial charge is 0.368 e. The minimum absolute atomic E-state index is 0.0795. The van der Waals surface area contributed by atoms with Gasteiger partial charge < -0.3 is 4.74 Å². The second kappa shape index (κ2) is 6.35. The Bertz CT molecular complexity index is 644. The summed E-state index contributed by atoms with van der Waals surface area (Å²) in [5.41, 5.74) is 2.67. The highest BCUT2D eigenvalue weighted by atomic mass is 32.1. The highest BCUT2D eigenvalue weighted by molar-refractivity contribution is 7.10. The van der Waals surface area contributed by atoms with Crippen molar-refractivity contribution in [2.75, 3.05) is 26.2 Å². The number of nitriles is 1. The Morgan fingerprint density at radius 2 is 2.24 bits per heavy atom. The quantitative estimate of drug-likeness (QED) is 0.874. The molecule has 4 nitrogen and oxygen atoms in total. The number of ether oxygens (including phenoxy) is 1. The summed E-state index contributed by atoms with van der Waals surface area (Å²) < 4.78 is 5.84. The average molecular weight is 299 g/mol. The fraction of sp³-hybridized carbons (Fsp3) is 0.375. The number of nitrogens with zero attached hydrogens (tertiary/aromatic N) is 3. The van der Waals surface area contributed by atoms with E-state index in [1.807, 2.05) is 24.3 Å². The highest BCUT2D eigenvalue weighted by Crippen LogP contribution is 2.29. The zero-order chi connectivity index (χ0) is 14.7. The van der Waals surface area contributed by atoms with Crippen LogP contribution < -0.4 is 0 Å². The minimum atomic E-state index is 0.0795. The fourth-order valence-corrected chi connectivity index (χ4v) is 3.29. The first-order valence-corrected chi connectivity index (χ1v) is 7.98. The van der Waals surface area contributed by atoms with E-state index in [0.29, 0.717) is 5.56 Å². The number of morpholine rings is 1. The summed E-state index contributed by atoms with van der Waals surface area (Å²) in [7, 11) is 0. The van der Waals surface area contributed by atoms with Gasteiger partial charge in [-0.3, -0.25) is 4.90 Å². The third-order valence-electron chi connectivity index (χ3n) is 3.70. The third-order valence-corrected chi connectivity index (χ3v) is 4.64. The molecule has 5 heteroatoms. The second-order valence-corrected chi connectivity index (χ2v) is 5.90. The van der Waals surface area contributed by atoms with Crippen molar-refractivity contribution >= 4 is 11.3 Å². The first-order chi connectivity index (χ1) is 10.3. The van der Waals surface area contributed by atoms with Crippen molar-refractivity contribution in [3.63, 3.8) is 0 Å². The summed E-state index contributed by atoms with van der Waals surface area (Å²) in [4.78, 5) is 7.10. The summed E-state index contributed by atoms with van der Waals surface area (Å²) >= 11 is 1.65. The van der Waals surface area contributed by atoms with Crippen molar-refractivity contribution in [3.8, 4) is 17.3 Å². The van der Waals surface area contributed by atoms with E-state index in [9.17, 15) is 0 Å². The maximum Gasteiger partial charge on any atom is 0.124 e.